The third-order valence-electron chi connectivity index (χ3n) is 4.23. The first-order valence-electron chi connectivity index (χ1n) is 8.86. The van der Waals surface area contributed by atoms with E-state index in [9.17, 15) is 8.42 Å². The van der Waals surface area contributed by atoms with Gasteiger partial charge in [-0.05, 0) is 35.9 Å². The summed E-state index contributed by atoms with van der Waals surface area (Å²) in [7, 11) is -3.57. The van der Waals surface area contributed by atoms with E-state index in [4.69, 9.17) is 27.6 Å². The summed E-state index contributed by atoms with van der Waals surface area (Å²) in [6, 6.07) is 11.8. The Hall–Kier alpha value is -1.58. The Morgan fingerprint density at radius 1 is 1.03 bits per heavy atom. The molecule has 0 saturated heterocycles. The molecule has 154 valence electrons. The van der Waals surface area contributed by atoms with Gasteiger partial charge in [0.25, 0.3) is 5.22 Å². The maximum atomic E-state index is 12.7. The number of nitrogens with zero attached hydrogens (tertiary/aromatic N) is 3. The molecule has 0 unspecified atom stereocenters. The molecule has 0 N–H and O–H groups in total. The monoisotopic (exact) mass is 471 g/mol. The lowest BCUT2D eigenvalue weighted by Crippen LogP contribution is -2.30. The zero-order valence-electron chi connectivity index (χ0n) is 15.8. The number of hydrogen-bond donors (Lipinski definition) is 0. The first kappa shape index (κ1) is 22.1. The van der Waals surface area contributed by atoms with Crippen LogP contribution >= 0.6 is 35.0 Å². The summed E-state index contributed by atoms with van der Waals surface area (Å²) in [5.41, 5.74) is 1.32. The average Bonchev–Trinajstić information content (AvgIpc) is 3.17. The second-order valence-electron chi connectivity index (χ2n) is 5.98. The number of hydrogen-bond acceptors (Lipinski definition) is 6. The van der Waals surface area contributed by atoms with E-state index < -0.39 is 10.0 Å². The molecule has 0 fully saturated rings. The van der Waals surface area contributed by atoms with Crippen LogP contribution in [0, 0.1) is 0 Å². The van der Waals surface area contributed by atoms with Crippen LogP contribution < -0.4 is 0 Å². The molecule has 10 heteroatoms. The molecule has 0 aliphatic carbocycles. The van der Waals surface area contributed by atoms with Crippen molar-refractivity contribution in [3.05, 3.63) is 58.1 Å². The van der Waals surface area contributed by atoms with Crippen LogP contribution in [0.3, 0.4) is 0 Å². The highest BCUT2D eigenvalue weighted by Gasteiger charge is 2.22. The highest BCUT2D eigenvalue weighted by Crippen LogP contribution is 2.32. The van der Waals surface area contributed by atoms with E-state index in [0.29, 0.717) is 39.7 Å². The zero-order chi connectivity index (χ0) is 21.0. The molecule has 0 spiro atoms. The van der Waals surface area contributed by atoms with Crippen LogP contribution in [-0.2, 0) is 15.8 Å². The van der Waals surface area contributed by atoms with Crippen LogP contribution in [0.4, 0.5) is 0 Å². The molecule has 0 radical (unpaired) electrons. The average molecular weight is 472 g/mol. The van der Waals surface area contributed by atoms with Crippen molar-refractivity contribution in [1.82, 2.24) is 14.5 Å². The van der Waals surface area contributed by atoms with Crippen LogP contribution in [0.15, 0.2) is 57.0 Å². The first-order valence-corrected chi connectivity index (χ1v) is 12.0. The van der Waals surface area contributed by atoms with Crippen molar-refractivity contribution in [3.63, 3.8) is 0 Å². The molecule has 0 bridgehead atoms. The minimum absolute atomic E-state index is 0.189. The van der Waals surface area contributed by atoms with Crippen molar-refractivity contribution >= 4 is 45.0 Å². The lowest BCUT2D eigenvalue weighted by molar-refractivity contribution is 0.445. The highest BCUT2D eigenvalue weighted by atomic mass is 35.5. The van der Waals surface area contributed by atoms with Gasteiger partial charge in [0.1, 0.15) is 0 Å². The fourth-order valence-electron chi connectivity index (χ4n) is 2.69. The Morgan fingerprint density at radius 2 is 1.69 bits per heavy atom. The zero-order valence-corrected chi connectivity index (χ0v) is 18.9. The third-order valence-corrected chi connectivity index (χ3v) is 7.83. The molecule has 0 saturated carbocycles. The van der Waals surface area contributed by atoms with Gasteiger partial charge in [0.2, 0.25) is 15.9 Å². The van der Waals surface area contributed by atoms with Gasteiger partial charge in [0, 0.05) is 34.5 Å². The first-order chi connectivity index (χ1) is 13.9. The Bertz CT molecular complexity index is 1080. The minimum Gasteiger partial charge on any atom is -0.411 e. The van der Waals surface area contributed by atoms with Crippen molar-refractivity contribution in [3.8, 4) is 11.5 Å². The highest BCUT2D eigenvalue weighted by molar-refractivity contribution is 7.98. The second-order valence-corrected chi connectivity index (χ2v) is 9.66. The van der Waals surface area contributed by atoms with Crippen molar-refractivity contribution in [1.29, 1.82) is 0 Å². The maximum absolute atomic E-state index is 12.7. The number of thioether (sulfide) groups is 1. The Morgan fingerprint density at radius 3 is 2.34 bits per heavy atom. The van der Waals surface area contributed by atoms with Crippen LogP contribution in [0.1, 0.15) is 19.4 Å². The molecule has 6 nitrogen and oxygen atoms in total. The van der Waals surface area contributed by atoms with E-state index in [1.54, 1.807) is 56.3 Å². The van der Waals surface area contributed by atoms with Crippen molar-refractivity contribution in [2.24, 2.45) is 0 Å². The van der Waals surface area contributed by atoms with Gasteiger partial charge in [-0.15, -0.1) is 10.2 Å². The molecule has 2 aromatic carbocycles. The smallest absolute Gasteiger partial charge is 0.277 e. The number of sulfonamides is 1. The lowest BCUT2D eigenvalue weighted by atomic mass is 10.2. The van der Waals surface area contributed by atoms with E-state index >= 15 is 0 Å². The minimum atomic E-state index is -3.57. The van der Waals surface area contributed by atoms with Gasteiger partial charge in [-0.2, -0.15) is 4.31 Å². The summed E-state index contributed by atoms with van der Waals surface area (Å²) in [5.74, 6) is 0.714. The second kappa shape index (κ2) is 9.49. The molecule has 0 aliphatic rings. The molecule has 1 heterocycles. The third kappa shape index (κ3) is 4.95. The van der Waals surface area contributed by atoms with Crippen LogP contribution in [0.25, 0.3) is 11.5 Å². The topological polar surface area (TPSA) is 76.3 Å². The summed E-state index contributed by atoms with van der Waals surface area (Å²) in [6.07, 6.45) is 0. The molecule has 0 atom stereocenters. The van der Waals surface area contributed by atoms with Crippen molar-refractivity contribution in [2.45, 2.75) is 29.7 Å². The molecule has 3 rings (SSSR count). The molecule has 1 aromatic heterocycles. The van der Waals surface area contributed by atoms with Crippen molar-refractivity contribution in [2.75, 3.05) is 13.1 Å². The fraction of sp³-hybridized carbons (Fsp3) is 0.263. The fourth-order valence-corrected chi connectivity index (χ4v) is 5.70. The summed E-state index contributed by atoms with van der Waals surface area (Å²) in [5, 5.41) is 9.54. The normalized spacial score (nSPS) is 11.9. The van der Waals surface area contributed by atoms with Crippen LogP contribution in [0.2, 0.25) is 10.0 Å². The van der Waals surface area contributed by atoms with E-state index in [1.165, 1.54) is 16.1 Å². The van der Waals surface area contributed by atoms with Crippen LogP contribution in [0.5, 0.6) is 0 Å². The molecule has 29 heavy (non-hydrogen) atoms. The number of aromatic nitrogens is 2. The molecular weight excluding hydrogens is 453 g/mol. The van der Waals surface area contributed by atoms with E-state index in [1.807, 2.05) is 0 Å². The Labute approximate surface area is 184 Å². The van der Waals surface area contributed by atoms with E-state index in [-0.39, 0.29) is 10.8 Å². The largest absolute Gasteiger partial charge is 0.411 e. The van der Waals surface area contributed by atoms with E-state index in [2.05, 4.69) is 10.2 Å². The van der Waals surface area contributed by atoms with E-state index in [0.717, 1.165) is 5.56 Å². The summed E-state index contributed by atoms with van der Waals surface area (Å²) >= 11 is 13.7. The quantitative estimate of drug-likeness (QED) is 0.411. The molecule has 3 aromatic rings. The molecule has 0 amide bonds. The number of benzene rings is 2. The lowest BCUT2D eigenvalue weighted by Gasteiger charge is -2.18. The summed E-state index contributed by atoms with van der Waals surface area (Å²) in [6.45, 7) is 4.40. The van der Waals surface area contributed by atoms with Gasteiger partial charge in [0.15, 0.2) is 0 Å². The number of halogens is 2. The maximum Gasteiger partial charge on any atom is 0.277 e. The predicted molar refractivity (Wildman–Crippen MR) is 116 cm³/mol. The Balaban J connectivity index is 1.80. The van der Waals surface area contributed by atoms with Gasteiger partial charge in [-0.3, -0.25) is 0 Å². The van der Waals surface area contributed by atoms with Gasteiger partial charge < -0.3 is 4.42 Å². The standard InChI is InChI=1S/C19H19Cl2N3O3S2/c1-3-24(4-2)29(25,26)14-8-5-7-13(11-14)18-22-23-19(27-18)28-12-15-16(20)9-6-10-17(15)21/h5-11H,3-4,12H2,1-2H3. The molecular formula is C19H19Cl2N3O3S2. The predicted octanol–water partition coefficient (Wildman–Crippen LogP) is 5.37. The molecule has 0 aliphatic heterocycles. The van der Waals surface area contributed by atoms with Crippen molar-refractivity contribution < 1.29 is 12.8 Å². The summed E-state index contributed by atoms with van der Waals surface area (Å²) in [4.78, 5) is 0.189. The number of rotatable bonds is 8. The Kier molecular flexibility index (Phi) is 7.23. The SMILES string of the molecule is CCN(CC)S(=O)(=O)c1cccc(-c2nnc(SCc3c(Cl)cccc3Cl)o2)c1. The van der Waals surface area contributed by atoms with Gasteiger partial charge in [-0.25, -0.2) is 8.42 Å². The van der Waals surface area contributed by atoms with Crippen LogP contribution in [-0.4, -0.2) is 36.0 Å². The van der Waals surface area contributed by atoms with Gasteiger partial charge in [0.05, 0.1) is 4.90 Å². The van der Waals surface area contributed by atoms with Gasteiger partial charge >= 0.3 is 0 Å². The van der Waals surface area contributed by atoms with Gasteiger partial charge in [-0.1, -0.05) is 60.9 Å². The summed E-state index contributed by atoms with van der Waals surface area (Å²) < 4.78 is 32.6.